The van der Waals surface area contributed by atoms with Crippen LogP contribution in [0.25, 0.3) is 0 Å². The zero-order valence-corrected chi connectivity index (χ0v) is 11.2. The summed E-state index contributed by atoms with van der Waals surface area (Å²) in [5.74, 6) is 1.20. The molecule has 0 radical (unpaired) electrons. The number of hydrogen-bond acceptors (Lipinski definition) is 3. The van der Waals surface area contributed by atoms with E-state index < -0.39 is 0 Å². The van der Waals surface area contributed by atoms with Crippen molar-refractivity contribution in [2.75, 3.05) is 5.75 Å². The van der Waals surface area contributed by atoms with Crippen molar-refractivity contribution < 1.29 is 4.79 Å². The first-order valence-electron chi connectivity index (χ1n) is 6.34. The van der Waals surface area contributed by atoms with E-state index in [0.29, 0.717) is 6.04 Å². The fourth-order valence-corrected chi connectivity index (χ4v) is 3.35. The second kappa shape index (κ2) is 7.17. The quantitative estimate of drug-likeness (QED) is 0.750. The van der Waals surface area contributed by atoms with E-state index in [9.17, 15) is 4.79 Å². The average molecular weight is 244 g/mol. The van der Waals surface area contributed by atoms with E-state index in [1.807, 2.05) is 11.8 Å². The number of nitrogens with two attached hydrogens (primary N) is 1. The van der Waals surface area contributed by atoms with Crippen LogP contribution in [0, 0.1) is 0 Å². The van der Waals surface area contributed by atoms with Crippen LogP contribution in [0.2, 0.25) is 0 Å². The van der Waals surface area contributed by atoms with Crippen LogP contribution in [0.1, 0.15) is 46.0 Å². The lowest BCUT2D eigenvalue weighted by Gasteiger charge is -2.16. The zero-order chi connectivity index (χ0) is 12.0. The molecule has 3 N–H and O–H groups in total. The highest BCUT2D eigenvalue weighted by Gasteiger charge is 2.26. The average Bonchev–Trinajstić information content (AvgIpc) is 2.66. The smallest absolute Gasteiger partial charge is 0.237 e. The van der Waals surface area contributed by atoms with Crippen molar-refractivity contribution in [1.29, 1.82) is 0 Å². The van der Waals surface area contributed by atoms with Gasteiger partial charge in [0.05, 0.1) is 6.04 Å². The van der Waals surface area contributed by atoms with Gasteiger partial charge in [0.1, 0.15) is 0 Å². The van der Waals surface area contributed by atoms with E-state index in [1.165, 1.54) is 12.2 Å². The Hall–Kier alpha value is -0.220. The number of hydrogen-bond donors (Lipinski definition) is 2. The van der Waals surface area contributed by atoms with Crippen LogP contribution in [0.5, 0.6) is 0 Å². The van der Waals surface area contributed by atoms with Crippen molar-refractivity contribution in [1.82, 2.24) is 5.32 Å². The second-order valence-electron chi connectivity index (χ2n) is 4.49. The molecular weight excluding hydrogens is 220 g/mol. The Kier molecular flexibility index (Phi) is 6.21. The molecule has 0 aromatic carbocycles. The molecule has 1 rings (SSSR count). The number of nitrogens with one attached hydrogen (secondary N) is 1. The van der Waals surface area contributed by atoms with Gasteiger partial charge in [-0.2, -0.15) is 11.8 Å². The Labute approximate surface area is 103 Å². The maximum atomic E-state index is 11.7. The minimum absolute atomic E-state index is 0.0361. The molecule has 2 unspecified atom stereocenters. The third kappa shape index (κ3) is 4.34. The Bertz CT molecular complexity index is 223. The highest BCUT2D eigenvalue weighted by atomic mass is 32.2. The monoisotopic (exact) mass is 244 g/mol. The normalized spacial score (nSPS) is 26.7. The lowest BCUT2D eigenvalue weighted by atomic mass is 10.1. The topological polar surface area (TPSA) is 55.1 Å². The van der Waals surface area contributed by atoms with Gasteiger partial charge in [0.2, 0.25) is 5.91 Å². The molecule has 3 nitrogen and oxygen atoms in total. The standard InChI is InChI=1S/C12H24N2OS/c1-3-5-11(13)12(15)14-9-6-7-10(8-9)16-4-2/h9-11H,3-8,13H2,1-2H3,(H,14,15)/t9?,10?,11-/m0/s1. The number of carbonyl (C=O) groups is 1. The van der Waals surface area contributed by atoms with Crippen LogP contribution in [0.15, 0.2) is 0 Å². The molecule has 0 aliphatic heterocycles. The molecule has 1 saturated carbocycles. The Morgan fingerprint density at radius 2 is 2.25 bits per heavy atom. The number of thioether (sulfide) groups is 1. The molecule has 0 spiro atoms. The molecule has 0 aromatic heterocycles. The molecule has 0 aromatic rings. The van der Waals surface area contributed by atoms with Gasteiger partial charge in [0.15, 0.2) is 0 Å². The Balaban J connectivity index is 2.25. The molecule has 94 valence electrons. The van der Waals surface area contributed by atoms with Gasteiger partial charge in [-0.15, -0.1) is 0 Å². The molecule has 1 fully saturated rings. The van der Waals surface area contributed by atoms with Gasteiger partial charge < -0.3 is 11.1 Å². The van der Waals surface area contributed by atoms with Crippen LogP contribution in [0.4, 0.5) is 0 Å². The minimum atomic E-state index is -0.317. The lowest BCUT2D eigenvalue weighted by Crippen LogP contribution is -2.44. The molecule has 4 heteroatoms. The third-order valence-corrected chi connectivity index (χ3v) is 4.30. The molecule has 0 bridgehead atoms. The van der Waals surface area contributed by atoms with E-state index in [2.05, 4.69) is 19.2 Å². The van der Waals surface area contributed by atoms with Gasteiger partial charge in [-0.25, -0.2) is 0 Å². The van der Waals surface area contributed by atoms with Crippen LogP contribution >= 0.6 is 11.8 Å². The fraction of sp³-hybridized carbons (Fsp3) is 0.917. The van der Waals surface area contributed by atoms with E-state index in [4.69, 9.17) is 5.73 Å². The largest absolute Gasteiger partial charge is 0.352 e. The van der Waals surface area contributed by atoms with E-state index in [1.54, 1.807) is 0 Å². The summed E-state index contributed by atoms with van der Waals surface area (Å²) in [5, 5.41) is 3.81. The summed E-state index contributed by atoms with van der Waals surface area (Å²) in [6.45, 7) is 4.24. The highest BCUT2D eigenvalue weighted by molar-refractivity contribution is 7.99. The molecule has 0 saturated heterocycles. The first-order valence-corrected chi connectivity index (χ1v) is 7.39. The van der Waals surface area contributed by atoms with Crippen LogP contribution in [-0.2, 0) is 4.79 Å². The summed E-state index contributed by atoms with van der Waals surface area (Å²) in [4.78, 5) is 11.7. The SMILES string of the molecule is CCC[C@H](N)C(=O)NC1CCC(SCC)C1. The van der Waals surface area contributed by atoms with Gasteiger partial charge in [0.25, 0.3) is 0 Å². The van der Waals surface area contributed by atoms with Crippen LogP contribution in [-0.4, -0.2) is 29.0 Å². The maximum Gasteiger partial charge on any atom is 0.237 e. The van der Waals surface area contributed by atoms with Crippen molar-refractivity contribution >= 4 is 17.7 Å². The first-order chi connectivity index (χ1) is 7.67. The maximum absolute atomic E-state index is 11.7. The van der Waals surface area contributed by atoms with Crippen molar-refractivity contribution in [3.63, 3.8) is 0 Å². The highest BCUT2D eigenvalue weighted by Crippen LogP contribution is 2.29. The zero-order valence-electron chi connectivity index (χ0n) is 10.4. The van der Waals surface area contributed by atoms with Gasteiger partial charge >= 0.3 is 0 Å². The first kappa shape index (κ1) is 13.8. The van der Waals surface area contributed by atoms with E-state index >= 15 is 0 Å². The van der Waals surface area contributed by atoms with Crippen molar-refractivity contribution in [2.45, 2.75) is 63.3 Å². The molecule has 1 aliphatic carbocycles. The Morgan fingerprint density at radius 3 is 2.88 bits per heavy atom. The number of amides is 1. The predicted molar refractivity (Wildman–Crippen MR) is 70.6 cm³/mol. The fourth-order valence-electron chi connectivity index (χ4n) is 2.21. The Morgan fingerprint density at radius 1 is 1.50 bits per heavy atom. The third-order valence-electron chi connectivity index (χ3n) is 3.07. The van der Waals surface area contributed by atoms with Crippen LogP contribution < -0.4 is 11.1 Å². The second-order valence-corrected chi connectivity index (χ2v) is 6.07. The van der Waals surface area contributed by atoms with Gasteiger partial charge in [-0.3, -0.25) is 4.79 Å². The summed E-state index contributed by atoms with van der Waals surface area (Å²) in [6, 6.07) is 0.0438. The summed E-state index contributed by atoms with van der Waals surface area (Å²) in [5.41, 5.74) is 5.78. The molecular formula is C12H24N2OS. The molecule has 1 amide bonds. The summed E-state index contributed by atoms with van der Waals surface area (Å²) < 4.78 is 0. The summed E-state index contributed by atoms with van der Waals surface area (Å²) >= 11 is 2.01. The molecule has 3 atom stereocenters. The number of rotatable bonds is 6. The number of carbonyl (C=O) groups excluding carboxylic acids is 1. The minimum Gasteiger partial charge on any atom is -0.352 e. The van der Waals surface area contributed by atoms with E-state index in [-0.39, 0.29) is 11.9 Å². The lowest BCUT2D eigenvalue weighted by molar-refractivity contribution is -0.123. The molecule has 1 aliphatic rings. The van der Waals surface area contributed by atoms with Crippen molar-refractivity contribution in [3.05, 3.63) is 0 Å². The molecule has 16 heavy (non-hydrogen) atoms. The van der Waals surface area contributed by atoms with E-state index in [0.717, 1.165) is 30.9 Å². The van der Waals surface area contributed by atoms with Crippen molar-refractivity contribution in [2.24, 2.45) is 5.73 Å². The van der Waals surface area contributed by atoms with Gasteiger partial charge in [-0.1, -0.05) is 20.3 Å². The predicted octanol–water partition coefficient (Wildman–Crippen LogP) is 1.90. The summed E-state index contributed by atoms with van der Waals surface area (Å²) in [6.07, 6.45) is 5.21. The molecule has 0 heterocycles. The summed E-state index contributed by atoms with van der Waals surface area (Å²) in [7, 11) is 0. The van der Waals surface area contributed by atoms with Gasteiger partial charge in [0, 0.05) is 11.3 Å². The van der Waals surface area contributed by atoms with Gasteiger partial charge in [-0.05, 0) is 31.4 Å². The van der Waals surface area contributed by atoms with Crippen molar-refractivity contribution in [3.8, 4) is 0 Å². The van der Waals surface area contributed by atoms with Crippen LogP contribution in [0.3, 0.4) is 0 Å².